The molecule has 2 N–H and O–H groups in total. The minimum Gasteiger partial charge on any atom is -0.459 e. The number of hydrogen-bond donors (Lipinski definition) is 2. The second-order valence-electron chi connectivity index (χ2n) is 6.25. The molecule has 1 aromatic heterocycles. The molecule has 2 amide bonds. The normalized spacial score (nSPS) is 13.2. The Bertz CT molecular complexity index is 740. The van der Waals surface area contributed by atoms with Crippen molar-refractivity contribution in [2.45, 2.75) is 25.7 Å². The van der Waals surface area contributed by atoms with E-state index in [4.69, 9.17) is 4.42 Å². The summed E-state index contributed by atoms with van der Waals surface area (Å²) in [6.45, 7) is 1.50. The summed E-state index contributed by atoms with van der Waals surface area (Å²) in [4.78, 5) is 26.0. The monoisotopic (exact) mass is 341 g/mol. The lowest BCUT2D eigenvalue weighted by Gasteiger charge is -2.27. The molecular formula is C19H23N3O3. The fourth-order valence-corrected chi connectivity index (χ4v) is 3.03. The van der Waals surface area contributed by atoms with Crippen LogP contribution in [0.15, 0.2) is 41.0 Å². The summed E-state index contributed by atoms with van der Waals surface area (Å²) in [6.07, 6.45) is 4.57. The van der Waals surface area contributed by atoms with Gasteiger partial charge in [0.05, 0.1) is 6.26 Å². The molecule has 0 saturated heterocycles. The molecule has 0 unspecified atom stereocenters. The summed E-state index contributed by atoms with van der Waals surface area (Å²) in [5.74, 6) is -0.0240. The van der Waals surface area contributed by atoms with Crippen LogP contribution in [0.4, 0.5) is 11.4 Å². The predicted molar refractivity (Wildman–Crippen MR) is 96.9 cm³/mol. The van der Waals surface area contributed by atoms with Crippen LogP contribution >= 0.6 is 0 Å². The number of rotatable bonds is 6. The zero-order valence-electron chi connectivity index (χ0n) is 14.4. The summed E-state index contributed by atoms with van der Waals surface area (Å²) in [5, 5.41) is 5.67. The second-order valence-corrected chi connectivity index (χ2v) is 6.25. The van der Waals surface area contributed by atoms with E-state index in [2.05, 4.69) is 34.7 Å². The van der Waals surface area contributed by atoms with E-state index in [1.165, 1.54) is 17.5 Å². The van der Waals surface area contributed by atoms with E-state index in [9.17, 15) is 9.59 Å². The average Bonchev–Trinajstić information content (AvgIpc) is 3.13. The van der Waals surface area contributed by atoms with Crippen LogP contribution in [-0.4, -0.2) is 32.0 Å². The summed E-state index contributed by atoms with van der Waals surface area (Å²) in [7, 11) is 2.09. The topological polar surface area (TPSA) is 74.6 Å². The summed E-state index contributed by atoms with van der Waals surface area (Å²) >= 11 is 0. The number of carbonyl (C=O) groups is 2. The number of nitrogens with one attached hydrogen (secondary N) is 2. The van der Waals surface area contributed by atoms with E-state index in [1.807, 2.05) is 6.07 Å². The quantitative estimate of drug-likeness (QED) is 0.792. The predicted octanol–water partition coefficient (Wildman–Crippen LogP) is 2.81. The van der Waals surface area contributed by atoms with Crippen molar-refractivity contribution in [3.05, 3.63) is 47.9 Å². The highest BCUT2D eigenvalue weighted by Crippen LogP contribution is 2.28. The number of hydrogen-bond acceptors (Lipinski definition) is 4. The number of anilines is 2. The lowest BCUT2D eigenvalue weighted by atomic mass is 10.0. The maximum Gasteiger partial charge on any atom is 0.286 e. The minimum absolute atomic E-state index is 0.0450. The minimum atomic E-state index is -0.260. The van der Waals surface area contributed by atoms with E-state index >= 15 is 0 Å². The average molecular weight is 341 g/mol. The van der Waals surface area contributed by atoms with Crippen LogP contribution in [0.2, 0.25) is 0 Å². The first-order chi connectivity index (χ1) is 12.1. The lowest BCUT2D eigenvalue weighted by Crippen LogP contribution is -2.25. The molecule has 6 heteroatoms. The largest absolute Gasteiger partial charge is 0.459 e. The lowest BCUT2D eigenvalue weighted by molar-refractivity contribution is -0.116. The Hall–Kier alpha value is -2.76. The third kappa shape index (κ3) is 4.41. The van der Waals surface area contributed by atoms with Gasteiger partial charge in [0.15, 0.2) is 5.76 Å². The van der Waals surface area contributed by atoms with E-state index in [1.54, 1.807) is 12.1 Å². The van der Waals surface area contributed by atoms with Gasteiger partial charge in [0.1, 0.15) is 0 Å². The SMILES string of the molecule is CN1CCCc2cc(NC(=O)CCCNC(=O)c3ccco3)ccc21. The summed E-state index contributed by atoms with van der Waals surface area (Å²) in [6, 6.07) is 9.33. The van der Waals surface area contributed by atoms with Gasteiger partial charge in [0.25, 0.3) is 5.91 Å². The Morgan fingerprint density at radius 3 is 2.96 bits per heavy atom. The van der Waals surface area contributed by atoms with Crippen molar-refractivity contribution in [1.82, 2.24) is 5.32 Å². The van der Waals surface area contributed by atoms with Gasteiger partial charge in [-0.15, -0.1) is 0 Å². The molecule has 0 atom stereocenters. The van der Waals surface area contributed by atoms with Crippen LogP contribution in [0.25, 0.3) is 0 Å². The molecule has 0 fully saturated rings. The smallest absolute Gasteiger partial charge is 0.286 e. The number of furan rings is 1. The van der Waals surface area contributed by atoms with Gasteiger partial charge >= 0.3 is 0 Å². The van der Waals surface area contributed by atoms with Crippen LogP contribution in [0.3, 0.4) is 0 Å². The van der Waals surface area contributed by atoms with Gasteiger partial charge in [-0.1, -0.05) is 0 Å². The molecule has 2 heterocycles. The van der Waals surface area contributed by atoms with Crippen molar-refractivity contribution in [2.24, 2.45) is 0 Å². The van der Waals surface area contributed by atoms with Gasteiger partial charge in [-0.3, -0.25) is 9.59 Å². The van der Waals surface area contributed by atoms with Crippen LogP contribution in [0.1, 0.15) is 35.4 Å². The van der Waals surface area contributed by atoms with E-state index in [0.717, 1.165) is 25.1 Å². The van der Waals surface area contributed by atoms with Crippen molar-refractivity contribution in [2.75, 3.05) is 30.4 Å². The van der Waals surface area contributed by atoms with Crippen LogP contribution < -0.4 is 15.5 Å². The standard InChI is InChI=1S/C19H23N3O3/c1-22-11-3-5-14-13-15(8-9-16(14)22)21-18(23)7-2-10-20-19(24)17-6-4-12-25-17/h4,6,8-9,12-13H,2-3,5,7,10-11H2,1H3,(H,20,24)(H,21,23). The van der Waals surface area contributed by atoms with Gasteiger partial charge in [-0.2, -0.15) is 0 Å². The number of fused-ring (bicyclic) bond motifs is 1. The summed E-state index contributed by atoms with van der Waals surface area (Å²) < 4.78 is 5.01. The highest BCUT2D eigenvalue weighted by Gasteiger charge is 2.14. The first-order valence-corrected chi connectivity index (χ1v) is 8.59. The van der Waals surface area contributed by atoms with Crippen molar-refractivity contribution in [3.8, 4) is 0 Å². The maximum absolute atomic E-state index is 12.1. The molecule has 0 spiro atoms. The maximum atomic E-state index is 12.1. The van der Waals surface area contributed by atoms with Gasteiger partial charge in [0.2, 0.25) is 5.91 Å². The molecule has 0 bridgehead atoms. The molecule has 25 heavy (non-hydrogen) atoms. The van der Waals surface area contributed by atoms with Gasteiger partial charge < -0.3 is 20.0 Å². The Morgan fingerprint density at radius 1 is 1.28 bits per heavy atom. The van der Waals surface area contributed by atoms with E-state index in [-0.39, 0.29) is 17.6 Å². The van der Waals surface area contributed by atoms with Crippen molar-refractivity contribution in [1.29, 1.82) is 0 Å². The molecule has 0 radical (unpaired) electrons. The zero-order valence-corrected chi connectivity index (χ0v) is 14.4. The number of amides is 2. The van der Waals surface area contributed by atoms with E-state index in [0.29, 0.717) is 19.4 Å². The molecule has 1 aromatic carbocycles. The molecule has 3 rings (SSSR count). The van der Waals surface area contributed by atoms with Gasteiger partial charge in [0, 0.05) is 37.9 Å². The molecule has 6 nitrogen and oxygen atoms in total. The molecule has 1 aliphatic heterocycles. The first-order valence-electron chi connectivity index (χ1n) is 8.59. The Kier molecular flexibility index (Phi) is 5.38. The molecule has 0 aliphatic carbocycles. The van der Waals surface area contributed by atoms with Crippen LogP contribution in [0.5, 0.6) is 0 Å². The first kappa shape index (κ1) is 17.1. The fourth-order valence-electron chi connectivity index (χ4n) is 3.03. The second kappa shape index (κ2) is 7.88. The van der Waals surface area contributed by atoms with Gasteiger partial charge in [-0.25, -0.2) is 0 Å². The summed E-state index contributed by atoms with van der Waals surface area (Å²) in [5.41, 5.74) is 3.35. The van der Waals surface area contributed by atoms with Gasteiger partial charge in [-0.05, 0) is 55.2 Å². The van der Waals surface area contributed by atoms with Crippen molar-refractivity contribution in [3.63, 3.8) is 0 Å². The molecule has 2 aromatic rings. The van der Waals surface area contributed by atoms with Crippen molar-refractivity contribution < 1.29 is 14.0 Å². The van der Waals surface area contributed by atoms with E-state index < -0.39 is 0 Å². The third-order valence-electron chi connectivity index (χ3n) is 4.33. The molecule has 132 valence electrons. The molecule has 1 aliphatic rings. The van der Waals surface area contributed by atoms with Crippen LogP contribution in [-0.2, 0) is 11.2 Å². The Labute approximate surface area is 147 Å². The highest BCUT2D eigenvalue weighted by atomic mass is 16.3. The third-order valence-corrected chi connectivity index (χ3v) is 4.33. The van der Waals surface area contributed by atoms with Crippen LogP contribution in [0, 0.1) is 0 Å². The Morgan fingerprint density at radius 2 is 2.16 bits per heavy atom. The number of benzene rings is 1. The fraction of sp³-hybridized carbons (Fsp3) is 0.368. The highest BCUT2D eigenvalue weighted by molar-refractivity contribution is 5.92. The van der Waals surface area contributed by atoms with Crippen molar-refractivity contribution >= 4 is 23.2 Å². The molecular weight excluding hydrogens is 318 g/mol. The Balaban J connectivity index is 1.43. The zero-order chi connectivity index (χ0) is 17.6. The number of nitrogens with zero attached hydrogens (tertiary/aromatic N) is 1. The number of carbonyl (C=O) groups excluding carboxylic acids is 2. The number of aryl methyl sites for hydroxylation is 1. The molecule has 0 saturated carbocycles.